The van der Waals surface area contributed by atoms with Crippen molar-refractivity contribution in [2.24, 2.45) is 0 Å². The van der Waals surface area contributed by atoms with E-state index >= 15 is 0 Å². The largest absolute Gasteiger partial charge is 0.487 e. The van der Waals surface area contributed by atoms with Gasteiger partial charge in [-0.25, -0.2) is 14.4 Å². The average molecular weight is 579 g/mol. The molecule has 40 heavy (non-hydrogen) atoms. The van der Waals surface area contributed by atoms with Gasteiger partial charge in [0.1, 0.15) is 41.8 Å². The molecule has 0 saturated heterocycles. The summed E-state index contributed by atoms with van der Waals surface area (Å²) in [5, 5.41) is 7.79. The summed E-state index contributed by atoms with van der Waals surface area (Å²) in [6.07, 6.45) is 3.92. The first-order valence-corrected chi connectivity index (χ1v) is 14.8. The molecule has 5 aromatic rings. The van der Waals surface area contributed by atoms with E-state index in [1.54, 1.807) is 30.5 Å². The van der Waals surface area contributed by atoms with E-state index in [-0.39, 0.29) is 18.5 Å². The quantitative estimate of drug-likeness (QED) is 0.174. The van der Waals surface area contributed by atoms with Gasteiger partial charge < -0.3 is 19.8 Å². The van der Waals surface area contributed by atoms with E-state index < -0.39 is 10.8 Å². The summed E-state index contributed by atoms with van der Waals surface area (Å²) in [5.74, 6) is 2.89. The molecule has 0 bridgehead atoms. The summed E-state index contributed by atoms with van der Waals surface area (Å²) in [4.78, 5) is 8.86. The van der Waals surface area contributed by atoms with Crippen molar-refractivity contribution in [1.82, 2.24) is 15.3 Å². The number of fused-ring (bicyclic) bond motifs is 1. The number of halogens is 2. The van der Waals surface area contributed by atoms with Crippen LogP contribution in [0.15, 0.2) is 83.5 Å². The Morgan fingerprint density at radius 1 is 1.07 bits per heavy atom. The van der Waals surface area contributed by atoms with E-state index in [1.807, 2.05) is 43.4 Å². The molecule has 0 aliphatic heterocycles. The summed E-state index contributed by atoms with van der Waals surface area (Å²) in [5.41, 5.74) is 3.08. The van der Waals surface area contributed by atoms with Crippen LogP contribution in [0.5, 0.6) is 5.75 Å². The molecule has 0 saturated carbocycles. The van der Waals surface area contributed by atoms with Crippen molar-refractivity contribution < 1.29 is 17.8 Å². The normalized spacial score (nSPS) is 12.8. The number of nitrogens with zero attached hydrogens (tertiary/aromatic N) is 2. The van der Waals surface area contributed by atoms with Gasteiger partial charge in [0.15, 0.2) is 0 Å². The van der Waals surface area contributed by atoms with E-state index in [4.69, 9.17) is 20.8 Å². The first-order valence-electron chi connectivity index (χ1n) is 12.7. The van der Waals surface area contributed by atoms with E-state index in [0.29, 0.717) is 40.1 Å². The van der Waals surface area contributed by atoms with Gasteiger partial charge >= 0.3 is 0 Å². The molecule has 2 unspecified atom stereocenters. The van der Waals surface area contributed by atoms with Crippen LogP contribution in [0.2, 0.25) is 5.02 Å². The highest BCUT2D eigenvalue weighted by molar-refractivity contribution is 7.84. The molecule has 0 radical (unpaired) electrons. The van der Waals surface area contributed by atoms with Crippen molar-refractivity contribution in [3.8, 4) is 17.1 Å². The van der Waals surface area contributed by atoms with Crippen molar-refractivity contribution in [3.05, 3.63) is 101 Å². The Labute approximate surface area is 239 Å². The zero-order valence-corrected chi connectivity index (χ0v) is 23.6. The number of nitrogens with one attached hydrogen (secondary N) is 2. The molecule has 2 heterocycles. The number of hydrogen-bond acceptors (Lipinski definition) is 7. The minimum absolute atomic E-state index is 0.0239. The summed E-state index contributed by atoms with van der Waals surface area (Å²) >= 11 is 6.49. The Morgan fingerprint density at radius 2 is 1.95 bits per heavy atom. The van der Waals surface area contributed by atoms with Gasteiger partial charge in [-0.1, -0.05) is 23.7 Å². The topological polar surface area (TPSA) is 89.3 Å². The fourth-order valence-electron chi connectivity index (χ4n) is 4.34. The zero-order valence-electron chi connectivity index (χ0n) is 22.0. The summed E-state index contributed by atoms with van der Waals surface area (Å²) < 4.78 is 37.0. The average Bonchev–Trinajstić information content (AvgIpc) is 3.43. The molecule has 0 fully saturated rings. The molecule has 10 heteroatoms. The van der Waals surface area contributed by atoms with Crippen molar-refractivity contribution in [1.29, 1.82) is 0 Å². The molecule has 2 N–H and O–H groups in total. The first kappa shape index (κ1) is 27.8. The van der Waals surface area contributed by atoms with Crippen LogP contribution in [-0.2, 0) is 17.4 Å². The van der Waals surface area contributed by atoms with E-state index in [9.17, 15) is 8.60 Å². The van der Waals surface area contributed by atoms with Gasteiger partial charge in [-0.05, 0) is 79.7 Å². The second-order valence-corrected chi connectivity index (χ2v) is 11.2. The van der Waals surface area contributed by atoms with Crippen LogP contribution in [0, 0.1) is 5.82 Å². The van der Waals surface area contributed by atoms with Crippen LogP contribution in [0.3, 0.4) is 0 Å². The maximum absolute atomic E-state index is 13.4. The molecule has 2 atom stereocenters. The highest BCUT2D eigenvalue weighted by Crippen LogP contribution is 2.33. The highest BCUT2D eigenvalue weighted by Gasteiger charge is 2.16. The minimum atomic E-state index is -0.869. The third kappa shape index (κ3) is 6.67. The van der Waals surface area contributed by atoms with E-state index in [0.717, 1.165) is 27.9 Å². The lowest BCUT2D eigenvalue weighted by atomic mass is 10.1. The molecular formula is C30H28ClFN4O3S. The number of anilines is 2. The lowest BCUT2D eigenvalue weighted by molar-refractivity contribution is 0.306. The van der Waals surface area contributed by atoms with Crippen molar-refractivity contribution in [2.75, 3.05) is 24.4 Å². The van der Waals surface area contributed by atoms with Crippen molar-refractivity contribution in [2.45, 2.75) is 19.1 Å². The van der Waals surface area contributed by atoms with Crippen molar-refractivity contribution >= 4 is 44.8 Å². The molecule has 0 spiro atoms. The maximum atomic E-state index is 13.4. The Bertz CT molecular complexity index is 1660. The lowest BCUT2D eigenvalue weighted by Crippen LogP contribution is -2.17. The molecule has 3 aromatic carbocycles. The molecule has 0 aliphatic rings. The number of hydrogen-bond donors (Lipinski definition) is 2. The van der Waals surface area contributed by atoms with Crippen LogP contribution in [0.25, 0.3) is 22.2 Å². The number of aromatic nitrogens is 2. The van der Waals surface area contributed by atoms with Gasteiger partial charge in [0.2, 0.25) is 0 Å². The second-order valence-electron chi connectivity index (χ2n) is 9.25. The molecule has 2 aromatic heterocycles. The lowest BCUT2D eigenvalue weighted by Gasteiger charge is -2.13. The number of benzene rings is 3. The first-order chi connectivity index (χ1) is 19.4. The van der Waals surface area contributed by atoms with Gasteiger partial charge in [0, 0.05) is 39.4 Å². The van der Waals surface area contributed by atoms with Crippen LogP contribution in [0.4, 0.5) is 15.9 Å². The molecular weight excluding hydrogens is 551 g/mol. The summed E-state index contributed by atoms with van der Waals surface area (Å²) in [6.45, 7) is 0.200. The molecule has 0 amide bonds. The van der Waals surface area contributed by atoms with Gasteiger partial charge in [0.25, 0.3) is 0 Å². The van der Waals surface area contributed by atoms with Gasteiger partial charge in [-0.3, -0.25) is 4.21 Å². The van der Waals surface area contributed by atoms with Crippen molar-refractivity contribution in [3.63, 3.8) is 0 Å². The van der Waals surface area contributed by atoms with E-state index in [1.165, 1.54) is 18.5 Å². The molecule has 206 valence electrons. The van der Waals surface area contributed by atoms with Crippen LogP contribution in [-0.4, -0.2) is 33.2 Å². The predicted octanol–water partition coefficient (Wildman–Crippen LogP) is 7.03. The van der Waals surface area contributed by atoms with E-state index in [2.05, 4.69) is 20.6 Å². The molecule has 5 rings (SSSR count). The SMILES string of the molecule is CNC(CCS(C)=O)c1ccc(-c2ccc3ncnc(Nc4ccc(OCc5cccc(F)c5)c(Cl)c4)c3c2)o1. The Hall–Kier alpha value is -3.79. The monoisotopic (exact) mass is 578 g/mol. The predicted molar refractivity (Wildman–Crippen MR) is 158 cm³/mol. The fourth-order valence-corrected chi connectivity index (χ4v) is 5.14. The van der Waals surface area contributed by atoms with Crippen LogP contribution >= 0.6 is 11.6 Å². The number of furan rings is 1. The maximum Gasteiger partial charge on any atom is 0.141 e. The highest BCUT2D eigenvalue weighted by atomic mass is 35.5. The van der Waals surface area contributed by atoms with Gasteiger partial charge in [0.05, 0.1) is 16.6 Å². The fraction of sp³-hybridized carbons (Fsp3) is 0.200. The standard InChI is InChI=1S/C30H28ClFN4O3S/c1-33-26(12-13-40(2)37)29-11-10-27(39-29)20-6-8-25-23(15-20)30(35-18-34-25)36-22-7-9-28(24(31)16-22)38-17-19-4-3-5-21(32)14-19/h3-11,14-16,18,26,33H,12-13,17H2,1-2H3,(H,34,35,36). The Kier molecular flexibility index (Phi) is 8.74. The summed E-state index contributed by atoms with van der Waals surface area (Å²) in [7, 11) is 0.998. The van der Waals surface area contributed by atoms with Crippen LogP contribution < -0.4 is 15.4 Å². The van der Waals surface area contributed by atoms with Crippen LogP contribution in [0.1, 0.15) is 23.8 Å². The Morgan fingerprint density at radius 3 is 2.73 bits per heavy atom. The van der Waals surface area contributed by atoms with Gasteiger partial charge in [-0.15, -0.1) is 0 Å². The Balaban J connectivity index is 1.34. The summed E-state index contributed by atoms with van der Waals surface area (Å²) in [6, 6.07) is 21.3. The molecule has 7 nitrogen and oxygen atoms in total. The minimum Gasteiger partial charge on any atom is -0.487 e. The molecule has 0 aliphatic carbocycles. The number of ether oxygens (including phenoxy) is 1. The number of rotatable bonds is 11. The van der Waals surface area contributed by atoms with Gasteiger partial charge in [-0.2, -0.15) is 0 Å². The smallest absolute Gasteiger partial charge is 0.141 e. The third-order valence-electron chi connectivity index (χ3n) is 6.41. The second kappa shape index (κ2) is 12.6. The third-order valence-corrected chi connectivity index (χ3v) is 7.52. The zero-order chi connectivity index (χ0) is 28.1.